The minimum atomic E-state index is -0.295. The van der Waals surface area contributed by atoms with Crippen LogP contribution in [0.25, 0.3) is 21.5 Å². The van der Waals surface area contributed by atoms with E-state index >= 15 is 0 Å². The molecule has 0 spiro atoms. The molecule has 0 saturated heterocycles. The molecule has 1 amide bonds. The van der Waals surface area contributed by atoms with Crippen LogP contribution in [0, 0.1) is 19.7 Å². The molecular weight excluding hydrogens is 381 g/mol. The molecule has 4 rings (SSSR count). The maximum absolute atomic E-state index is 13.2. The van der Waals surface area contributed by atoms with Gasteiger partial charge in [0.15, 0.2) is 5.13 Å². The normalized spacial score (nSPS) is 11.1. The van der Waals surface area contributed by atoms with Crippen molar-refractivity contribution in [1.82, 2.24) is 9.97 Å². The lowest BCUT2D eigenvalue weighted by molar-refractivity contribution is -0.115. The van der Waals surface area contributed by atoms with Gasteiger partial charge in [0.1, 0.15) is 5.82 Å². The van der Waals surface area contributed by atoms with Crippen molar-refractivity contribution in [3.05, 3.63) is 63.7 Å². The third-order valence-electron chi connectivity index (χ3n) is 4.11. The number of fused-ring (bicyclic) bond motifs is 1. The van der Waals surface area contributed by atoms with Crippen molar-refractivity contribution in [2.45, 2.75) is 20.3 Å². The summed E-state index contributed by atoms with van der Waals surface area (Å²) >= 11 is 2.94. The Hall–Kier alpha value is -2.64. The minimum absolute atomic E-state index is 0.140. The van der Waals surface area contributed by atoms with E-state index in [4.69, 9.17) is 0 Å². The summed E-state index contributed by atoms with van der Waals surface area (Å²) in [5.74, 6) is -0.435. The molecule has 0 aliphatic rings. The molecule has 0 fully saturated rings. The Bertz CT molecular complexity index is 1130. The SMILES string of the molecule is Cc1nc(-c2ccc(F)cc2)c(CC(=O)Nc2nc3c(C)cccc3s2)s1. The number of thiazole rings is 2. The number of benzene rings is 2. The molecule has 0 atom stereocenters. The zero-order valence-corrected chi connectivity index (χ0v) is 16.4. The van der Waals surface area contributed by atoms with Crippen molar-refractivity contribution in [2.75, 3.05) is 5.32 Å². The molecule has 2 aromatic heterocycles. The second-order valence-electron chi connectivity index (χ2n) is 6.18. The van der Waals surface area contributed by atoms with Gasteiger partial charge in [-0.1, -0.05) is 23.5 Å². The van der Waals surface area contributed by atoms with Crippen LogP contribution in [0.3, 0.4) is 0 Å². The molecule has 0 aliphatic carbocycles. The third kappa shape index (κ3) is 3.74. The lowest BCUT2D eigenvalue weighted by Crippen LogP contribution is -2.14. The van der Waals surface area contributed by atoms with Crippen molar-refractivity contribution in [1.29, 1.82) is 0 Å². The molecule has 0 bridgehead atoms. The molecule has 27 heavy (non-hydrogen) atoms. The number of hydrogen-bond donors (Lipinski definition) is 1. The molecule has 7 heteroatoms. The number of anilines is 1. The van der Waals surface area contributed by atoms with E-state index in [9.17, 15) is 9.18 Å². The molecule has 2 aromatic carbocycles. The van der Waals surface area contributed by atoms with Gasteiger partial charge in [-0.15, -0.1) is 11.3 Å². The highest BCUT2D eigenvalue weighted by Gasteiger charge is 2.16. The summed E-state index contributed by atoms with van der Waals surface area (Å²) in [6, 6.07) is 12.1. The Morgan fingerprint density at radius 2 is 1.85 bits per heavy atom. The number of nitrogens with one attached hydrogen (secondary N) is 1. The van der Waals surface area contributed by atoms with Crippen LogP contribution >= 0.6 is 22.7 Å². The summed E-state index contributed by atoms with van der Waals surface area (Å²) in [6.45, 7) is 3.90. The van der Waals surface area contributed by atoms with Crippen LogP contribution in [0.2, 0.25) is 0 Å². The summed E-state index contributed by atoms with van der Waals surface area (Å²) in [5, 5.41) is 4.35. The van der Waals surface area contributed by atoms with E-state index < -0.39 is 0 Å². The molecule has 0 radical (unpaired) electrons. The van der Waals surface area contributed by atoms with E-state index in [0.29, 0.717) is 5.13 Å². The molecule has 2 heterocycles. The number of carbonyl (C=O) groups excluding carboxylic acids is 1. The number of nitrogens with zero attached hydrogens (tertiary/aromatic N) is 2. The lowest BCUT2D eigenvalue weighted by Gasteiger charge is -2.03. The summed E-state index contributed by atoms with van der Waals surface area (Å²) < 4.78 is 14.2. The van der Waals surface area contributed by atoms with Crippen molar-refractivity contribution in [3.63, 3.8) is 0 Å². The summed E-state index contributed by atoms with van der Waals surface area (Å²) in [5.41, 5.74) is 3.53. The predicted octanol–water partition coefficient (Wildman–Crippen LogP) is 5.36. The summed E-state index contributed by atoms with van der Waals surface area (Å²) in [7, 11) is 0. The highest BCUT2D eigenvalue weighted by molar-refractivity contribution is 7.22. The Labute approximate surface area is 163 Å². The van der Waals surface area contributed by atoms with Gasteiger partial charge < -0.3 is 5.32 Å². The van der Waals surface area contributed by atoms with Crippen molar-refractivity contribution >= 4 is 43.9 Å². The Morgan fingerprint density at radius 1 is 1.07 bits per heavy atom. The number of hydrogen-bond acceptors (Lipinski definition) is 5. The average molecular weight is 398 g/mol. The van der Waals surface area contributed by atoms with Gasteiger partial charge in [-0.25, -0.2) is 14.4 Å². The Morgan fingerprint density at radius 3 is 2.59 bits per heavy atom. The third-order valence-corrected chi connectivity index (χ3v) is 6.02. The number of aryl methyl sites for hydroxylation is 2. The predicted molar refractivity (Wildman–Crippen MR) is 109 cm³/mol. The topological polar surface area (TPSA) is 54.9 Å². The van der Waals surface area contributed by atoms with Crippen LogP contribution in [-0.2, 0) is 11.2 Å². The second-order valence-corrected chi connectivity index (χ2v) is 8.50. The van der Waals surface area contributed by atoms with E-state index in [1.165, 1.54) is 34.8 Å². The summed E-state index contributed by atoms with van der Waals surface area (Å²) in [4.78, 5) is 22.5. The zero-order chi connectivity index (χ0) is 19.0. The van der Waals surface area contributed by atoms with Gasteiger partial charge in [-0.3, -0.25) is 4.79 Å². The monoisotopic (exact) mass is 397 g/mol. The fourth-order valence-corrected chi connectivity index (χ4v) is 4.79. The molecule has 0 aliphatic heterocycles. The van der Waals surface area contributed by atoms with E-state index in [2.05, 4.69) is 15.3 Å². The molecule has 136 valence electrons. The van der Waals surface area contributed by atoms with Gasteiger partial charge in [0.05, 0.1) is 27.3 Å². The molecule has 0 unspecified atom stereocenters. The number of amides is 1. The molecular formula is C20H16FN3OS2. The van der Waals surface area contributed by atoms with E-state index in [0.717, 1.165) is 36.9 Å². The molecule has 0 saturated carbocycles. The van der Waals surface area contributed by atoms with Crippen molar-refractivity contribution < 1.29 is 9.18 Å². The van der Waals surface area contributed by atoms with Crippen LogP contribution in [0.15, 0.2) is 42.5 Å². The lowest BCUT2D eigenvalue weighted by atomic mass is 10.1. The first-order valence-corrected chi connectivity index (χ1v) is 10.0. The molecule has 1 N–H and O–H groups in total. The molecule has 4 aromatic rings. The van der Waals surface area contributed by atoms with Gasteiger partial charge in [-0.05, 0) is 49.7 Å². The van der Waals surface area contributed by atoms with E-state index in [1.54, 1.807) is 12.1 Å². The number of halogens is 1. The van der Waals surface area contributed by atoms with Gasteiger partial charge in [0.25, 0.3) is 0 Å². The van der Waals surface area contributed by atoms with E-state index in [-0.39, 0.29) is 18.1 Å². The van der Waals surface area contributed by atoms with Crippen LogP contribution in [-0.4, -0.2) is 15.9 Å². The maximum atomic E-state index is 13.2. The van der Waals surface area contributed by atoms with Crippen LogP contribution in [0.1, 0.15) is 15.4 Å². The Kier molecular flexibility index (Phi) is 4.72. The minimum Gasteiger partial charge on any atom is -0.302 e. The fraction of sp³-hybridized carbons (Fsp3) is 0.150. The first-order chi connectivity index (χ1) is 13.0. The first kappa shape index (κ1) is 17.8. The number of carbonyl (C=O) groups is 1. The van der Waals surface area contributed by atoms with E-state index in [1.807, 2.05) is 32.0 Å². The van der Waals surface area contributed by atoms with Crippen LogP contribution in [0.4, 0.5) is 9.52 Å². The smallest absolute Gasteiger partial charge is 0.231 e. The van der Waals surface area contributed by atoms with Crippen LogP contribution < -0.4 is 5.32 Å². The highest BCUT2D eigenvalue weighted by Crippen LogP contribution is 2.30. The summed E-state index contributed by atoms with van der Waals surface area (Å²) in [6.07, 6.45) is 0.202. The standard InChI is InChI=1S/C20H16FN3OS2/c1-11-4-3-5-15-18(11)24-20(27-15)23-17(25)10-16-19(22-12(2)26-16)13-6-8-14(21)9-7-13/h3-9H,10H2,1-2H3,(H,23,24,25). The quantitative estimate of drug-likeness (QED) is 0.505. The number of rotatable bonds is 4. The zero-order valence-electron chi connectivity index (χ0n) is 14.7. The average Bonchev–Trinajstić information content (AvgIpc) is 3.19. The van der Waals surface area contributed by atoms with Crippen molar-refractivity contribution in [2.24, 2.45) is 0 Å². The second kappa shape index (κ2) is 7.17. The van der Waals surface area contributed by atoms with Gasteiger partial charge >= 0.3 is 0 Å². The van der Waals surface area contributed by atoms with Crippen molar-refractivity contribution in [3.8, 4) is 11.3 Å². The molecule has 4 nitrogen and oxygen atoms in total. The highest BCUT2D eigenvalue weighted by atomic mass is 32.1. The van der Waals surface area contributed by atoms with Crippen LogP contribution in [0.5, 0.6) is 0 Å². The maximum Gasteiger partial charge on any atom is 0.231 e. The number of para-hydroxylation sites is 1. The largest absolute Gasteiger partial charge is 0.302 e. The van der Waals surface area contributed by atoms with Gasteiger partial charge in [0, 0.05) is 10.4 Å². The van der Waals surface area contributed by atoms with Gasteiger partial charge in [0.2, 0.25) is 5.91 Å². The first-order valence-electron chi connectivity index (χ1n) is 8.38. The number of aromatic nitrogens is 2. The Balaban J connectivity index is 1.56. The fourth-order valence-electron chi connectivity index (χ4n) is 2.87. The van der Waals surface area contributed by atoms with Gasteiger partial charge in [-0.2, -0.15) is 0 Å².